The largest absolute Gasteiger partial charge is 0.493 e. The van der Waals surface area contributed by atoms with Gasteiger partial charge < -0.3 is 19.1 Å². The molecule has 0 saturated carbocycles. The number of Topliss-reactive ketones (excluding diaryl/α,β-unsaturated/α-hetero) is 1. The number of non-ortho nitro benzene ring substituents is 1. The van der Waals surface area contributed by atoms with E-state index in [1.807, 2.05) is 24.3 Å². The molecule has 0 unspecified atom stereocenters. The van der Waals surface area contributed by atoms with Crippen molar-refractivity contribution in [2.24, 2.45) is 5.41 Å². The van der Waals surface area contributed by atoms with E-state index in [1.165, 1.54) is 45.6 Å². The number of rotatable bonds is 7. The van der Waals surface area contributed by atoms with Crippen LogP contribution in [0.1, 0.15) is 27.4 Å². The number of carbonyl (C=O) groups excluding carboxylic acids is 2. The molecule has 10 heteroatoms. The summed E-state index contributed by atoms with van der Waals surface area (Å²) in [6, 6.07) is 18.0. The van der Waals surface area contributed by atoms with E-state index in [9.17, 15) is 25.0 Å². The monoisotopic (exact) mass is 539 g/mol. The molecule has 202 valence electrons. The minimum Gasteiger partial charge on any atom is -0.493 e. The summed E-state index contributed by atoms with van der Waals surface area (Å²) in [5.74, 6) is -1.58. The Labute approximate surface area is 230 Å². The van der Waals surface area contributed by atoms with Crippen LogP contribution in [0.4, 0.5) is 11.4 Å². The Morgan fingerprint density at radius 2 is 1.75 bits per heavy atom. The number of nitrogens with zero attached hydrogens (tertiary/aromatic N) is 3. The second-order valence-corrected chi connectivity index (χ2v) is 9.45. The highest BCUT2D eigenvalue weighted by Gasteiger charge is 2.67. The van der Waals surface area contributed by atoms with Crippen LogP contribution < -0.4 is 14.4 Å². The van der Waals surface area contributed by atoms with Crippen LogP contribution in [0, 0.1) is 26.9 Å². The van der Waals surface area contributed by atoms with Gasteiger partial charge >= 0.3 is 5.97 Å². The number of anilines is 1. The maximum atomic E-state index is 14.5. The van der Waals surface area contributed by atoms with Gasteiger partial charge in [-0.1, -0.05) is 48.6 Å². The molecule has 1 fully saturated rings. The summed E-state index contributed by atoms with van der Waals surface area (Å²) in [6.07, 6.45) is 3.55. The SMILES string of the molecule is COC(=O)[C@]1(C#N)[C@H](c2ccc(OC)c(OC)c2)[C@H](C(=O)c2cccc([N+](=O)[O-])c2)N2c3ccccc3C=C[C@@H]21. The molecule has 2 heterocycles. The van der Waals surface area contributed by atoms with E-state index in [0.717, 1.165) is 5.56 Å². The van der Waals surface area contributed by atoms with Gasteiger partial charge in [-0.25, -0.2) is 0 Å². The lowest BCUT2D eigenvalue weighted by atomic mass is 9.68. The number of carbonyl (C=O) groups is 2. The summed E-state index contributed by atoms with van der Waals surface area (Å²) < 4.78 is 16.1. The van der Waals surface area contributed by atoms with E-state index >= 15 is 0 Å². The zero-order chi connectivity index (χ0) is 28.6. The number of nitro benzene ring substituents is 1. The number of ether oxygens (including phenoxy) is 3. The van der Waals surface area contributed by atoms with E-state index < -0.39 is 40.1 Å². The minimum atomic E-state index is -1.86. The second kappa shape index (κ2) is 10.2. The molecule has 1 saturated heterocycles. The Morgan fingerprint density at radius 1 is 1.00 bits per heavy atom. The number of methoxy groups -OCH3 is 3. The van der Waals surface area contributed by atoms with E-state index in [-0.39, 0.29) is 11.3 Å². The molecular weight excluding hydrogens is 514 g/mol. The van der Waals surface area contributed by atoms with Crippen molar-refractivity contribution in [3.05, 3.63) is 99.6 Å². The number of ketones is 1. The molecule has 4 atom stereocenters. The topological polar surface area (TPSA) is 132 Å². The van der Waals surface area contributed by atoms with Crippen LogP contribution in [-0.4, -0.2) is 50.1 Å². The highest BCUT2D eigenvalue weighted by molar-refractivity contribution is 6.06. The zero-order valence-corrected chi connectivity index (χ0v) is 21.9. The maximum Gasteiger partial charge on any atom is 0.329 e. The van der Waals surface area contributed by atoms with Crippen LogP contribution in [0.3, 0.4) is 0 Å². The molecule has 2 aliphatic heterocycles. The number of fused-ring (bicyclic) bond motifs is 3. The molecule has 0 aromatic heterocycles. The van der Waals surface area contributed by atoms with Gasteiger partial charge in [0.05, 0.1) is 38.4 Å². The van der Waals surface area contributed by atoms with Crippen LogP contribution in [0.15, 0.2) is 72.8 Å². The Bertz CT molecular complexity index is 1590. The average molecular weight is 540 g/mol. The molecule has 3 aromatic carbocycles. The number of esters is 1. The standard InChI is InChI=1S/C30H25N3O7/c1-38-23-13-11-19(16-24(23)39-2)26-27(28(34)20-8-6-9-21(15-20)33(36)37)32-22-10-5-4-7-18(22)12-14-25(32)30(26,17-31)29(35)40-3/h4-16,25-27H,1-3H3/t25-,26-,27-,30+/m1/s1. The van der Waals surface area contributed by atoms with E-state index in [0.29, 0.717) is 22.7 Å². The third-order valence-electron chi connectivity index (χ3n) is 7.63. The number of hydrogen-bond donors (Lipinski definition) is 0. The van der Waals surface area contributed by atoms with E-state index in [4.69, 9.17) is 14.2 Å². The first-order valence-electron chi connectivity index (χ1n) is 12.4. The van der Waals surface area contributed by atoms with Crippen LogP contribution in [0.25, 0.3) is 6.08 Å². The van der Waals surface area contributed by atoms with Gasteiger partial charge in [0.2, 0.25) is 0 Å². The summed E-state index contributed by atoms with van der Waals surface area (Å²) in [6.45, 7) is 0. The smallest absolute Gasteiger partial charge is 0.329 e. The second-order valence-electron chi connectivity index (χ2n) is 9.45. The molecule has 40 heavy (non-hydrogen) atoms. The zero-order valence-electron chi connectivity index (χ0n) is 21.9. The highest BCUT2D eigenvalue weighted by Crippen LogP contribution is 2.57. The lowest BCUT2D eigenvalue weighted by Crippen LogP contribution is -2.46. The summed E-state index contributed by atoms with van der Waals surface area (Å²) in [5.41, 5.74) is -0.130. The average Bonchev–Trinajstić information content (AvgIpc) is 3.31. The van der Waals surface area contributed by atoms with Crippen molar-refractivity contribution in [1.82, 2.24) is 0 Å². The molecule has 0 spiro atoms. The van der Waals surface area contributed by atoms with Crippen molar-refractivity contribution in [3.63, 3.8) is 0 Å². The van der Waals surface area contributed by atoms with Crippen LogP contribution in [-0.2, 0) is 9.53 Å². The van der Waals surface area contributed by atoms with Crippen LogP contribution >= 0.6 is 0 Å². The summed E-state index contributed by atoms with van der Waals surface area (Å²) in [4.78, 5) is 40.9. The predicted octanol–water partition coefficient (Wildman–Crippen LogP) is 4.55. The molecule has 5 rings (SSSR count). The molecule has 0 aliphatic carbocycles. The highest BCUT2D eigenvalue weighted by atomic mass is 16.6. The fourth-order valence-corrected chi connectivity index (χ4v) is 5.90. The van der Waals surface area contributed by atoms with Gasteiger partial charge in [0.25, 0.3) is 5.69 Å². The number of hydrogen-bond acceptors (Lipinski definition) is 9. The third kappa shape index (κ3) is 3.86. The molecule has 0 bridgehead atoms. The normalized spacial score (nSPS) is 22.4. The van der Waals surface area contributed by atoms with Crippen LogP contribution in [0.5, 0.6) is 11.5 Å². The molecule has 0 amide bonds. The molecule has 3 aromatic rings. The molecule has 2 aliphatic rings. The molecular formula is C30H25N3O7. The van der Waals surface area contributed by atoms with E-state index in [1.54, 1.807) is 35.2 Å². The first-order valence-corrected chi connectivity index (χ1v) is 12.4. The number of para-hydroxylation sites is 1. The number of nitro groups is 1. The van der Waals surface area contributed by atoms with Gasteiger partial charge in [-0.05, 0) is 29.3 Å². The van der Waals surface area contributed by atoms with Crippen molar-refractivity contribution < 1.29 is 28.7 Å². The Morgan fingerprint density at radius 3 is 2.42 bits per heavy atom. The lowest BCUT2D eigenvalue weighted by molar-refractivity contribution is -0.384. The third-order valence-corrected chi connectivity index (χ3v) is 7.63. The van der Waals surface area contributed by atoms with Gasteiger partial charge in [0.1, 0.15) is 6.04 Å². The Balaban J connectivity index is 1.82. The van der Waals surface area contributed by atoms with Gasteiger partial charge in [-0.3, -0.25) is 19.7 Å². The molecule has 0 N–H and O–H groups in total. The quantitative estimate of drug-likeness (QED) is 0.184. The van der Waals surface area contributed by atoms with Crippen molar-refractivity contribution in [1.29, 1.82) is 5.26 Å². The lowest BCUT2D eigenvalue weighted by Gasteiger charge is -2.36. The first kappa shape index (κ1) is 26.4. The van der Waals surface area contributed by atoms with E-state index in [2.05, 4.69) is 6.07 Å². The van der Waals surface area contributed by atoms with Crippen molar-refractivity contribution in [2.45, 2.75) is 18.0 Å². The fourth-order valence-electron chi connectivity index (χ4n) is 5.90. The maximum absolute atomic E-state index is 14.5. The van der Waals surface area contributed by atoms with Gasteiger partial charge in [0, 0.05) is 29.3 Å². The summed E-state index contributed by atoms with van der Waals surface area (Å²) in [7, 11) is 4.15. The van der Waals surface area contributed by atoms with Gasteiger partial charge in [-0.2, -0.15) is 5.26 Å². The van der Waals surface area contributed by atoms with Crippen LogP contribution in [0.2, 0.25) is 0 Å². The fraction of sp³-hybridized carbons (Fsp3) is 0.233. The number of benzene rings is 3. The first-order chi connectivity index (χ1) is 19.3. The van der Waals surface area contributed by atoms with Crippen molar-refractivity contribution in [2.75, 3.05) is 26.2 Å². The summed E-state index contributed by atoms with van der Waals surface area (Å²) in [5, 5.41) is 22.3. The van der Waals surface area contributed by atoms with Crippen molar-refractivity contribution >= 4 is 29.2 Å². The minimum absolute atomic E-state index is 0.0778. The number of nitriles is 1. The Hall–Kier alpha value is -5.17. The van der Waals surface area contributed by atoms with Gasteiger partial charge in [0.15, 0.2) is 22.7 Å². The van der Waals surface area contributed by atoms with Gasteiger partial charge in [-0.15, -0.1) is 0 Å². The predicted molar refractivity (Wildman–Crippen MR) is 145 cm³/mol. The Kier molecular flexibility index (Phi) is 6.73. The molecule has 10 nitrogen and oxygen atoms in total. The molecule has 0 radical (unpaired) electrons. The van der Waals surface area contributed by atoms with Crippen molar-refractivity contribution in [3.8, 4) is 17.6 Å². The summed E-state index contributed by atoms with van der Waals surface area (Å²) >= 11 is 0.